The molecular formula is C26H20N2O4. The molecule has 0 atom stereocenters. The molecule has 6 nitrogen and oxygen atoms in total. The van der Waals surface area contributed by atoms with Crippen molar-refractivity contribution in [1.82, 2.24) is 5.43 Å². The molecule has 1 amide bonds. The summed E-state index contributed by atoms with van der Waals surface area (Å²) in [5.41, 5.74) is 4.78. The number of carbonyl (C=O) groups is 2. The molecule has 0 saturated heterocycles. The highest BCUT2D eigenvalue weighted by molar-refractivity contribution is 6.01. The maximum absolute atomic E-state index is 12.4. The first kappa shape index (κ1) is 20.8. The van der Waals surface area contributed by atoms with Crippen LogP contribution in [0, 0.1) is 6.92 Å². The minimum atomic E-state index is -0.520. The molecule has 4 rings (SSSR count). The van der Waals surface area contributed by atoms with Crippen molar-refractivity contribution in [1.29, 1.82) is 0 Å². The van der Waals surface area contributed by atoms with Crippen LogP contribution in [-0.4, -0.2) is 23.2 Å². The Hall–Kier alpha value is -4.45. The molecule has 6 heteroatoms. The van der Waals surface area contributed by atoms with Gasteiger partial charge in [-0.15, -0.1) is 0 Å². The van der Waals surface area contributed by atoms with Gasteiger partial charge in [-0.2, -0.15) is 5.10 Å². The van der Waals surface area contributed by atoms with E-state index in [0.29, 0.717) is 16.9 Å². The number of hydrazone groups is 1. The van der Waals surface area contributed by atoms with Gasteiger partial charge in [0.1, 0.15) is 11.5 Å². The third kappa shape index (κ3) is 4.82. The largest absolute Gasteiger partial charge is 0.507 e. The Morgan fingerprint density at radius 1 is 0.906 bits per heavy atom. The zero-order chi connectivity index (χ0) is 22.5. The lowest BCUT2D eigenvalue weighted by Crippen LogP contribution is -2.17. The van der Waals surface area contributed by atoms with E-state index in [1.165, 1.54) is 6.21 Å². The fourth-order valence-electron chi connectivity index (χ4n) is 3.11. The molecule has 0 fully saturated rings. The van der Waals surface area contributed by atoms with E-state index in [4.69, 9.17) is 4.74 Å². The minimum absolute atomic E-state index is 0.115. The Morgan fingerprint density at radius 2 is 1.56 bits per heavy atom. The molecule has 2 N–H and O–H groups in total. The lowest BCUT2D eigenvalue weighted by atomic mass is 10.1. The van der Waals surface area contributed by atoms with Gasteiger partial charge in [-0.25, -0.2) is 10.2 Å². The van der Waals surface area contributed by atoms with Gasteiger partial charge in [-0.05, 0) is 71.8 Å². The highest BCUT2D eigenvalue weighted by Crippen LogP contribution is 2.24. The van der Waals surface area contributed by atoms with Crippen LogP contribution in [0.25, 0.3) is 10.8 Å². The van der Waals surface area contributed by atoms with Crippen LogP contribution in [0.3, 0.4) is 0 Å². The van der Waals surface area contributed by atoms with Crippen molar-refractivity contribution in [3.8, 4) is 11.5 Å². The molecule has 4 aromatic carbocycles. The third-order valence-corrected chi connectivity index (χ3v) is 4.87. The van der Waals surface area contributed by atoms with Gasteiger partial charge >= 0.3 is 5.97 Å². The number of nitrogens with one attached hydrogen (secondary N) is 1. The molecule has 0 aliphatic carbocycles. The number of esters is 1. The van der Waals surface area contributed by atoms with E-state index >= 15 is 0 Å². The first-order chi connectivity index (χ1) is 15.5. The number of carbonyl (C=O) groups excluding carboxylic acids is 2. The van der Waals surface area contributed by atoms with Crippen molar-refractivity contribution in [3.63, 3.8) is 0 Å². The number of phenols is 1. The maximum Gasteiger partial charge on any atom is 0.343 e. The first-order valence-corrected chi connectivity index (χ1v) is 9.94. The van der Waals surface area contributed by atoms with Crippen LogP contribution < -0.4 is 10.2 Å². The number of amides is 1. The second-order valence-corrected chi connectivity index (χ2v) is 7.24. The zero-order valence-electron chi connectivity index (χ0n) is 17.3. The minimum Gasteiger partial charge on any atom is -0.507 e. The van der Waals surface area contributed by atoms with Gasteiger partial charge in [-0.1, -0.05) is 42.0 Å². The van der Waals surface area contributed by atoms with E-state index in [9.17, 15) is 14.7 Å². The molecule has 0 saturated carbocycles. The van der Waals surface area contributed by atoms with Gasteiger partial charge in [0.2, 0.25) is 0 Å². The summed E-state index contributed by atoms with van der Waals surface area (Å²) in [7, 11) is 0. The van der Waals surface area contributed by atoms with Gasteiger partial charge in [0, 0.05) is 0 Å². The van der Waals surface area contributed by atoms with Crippen LogP contribution in [0.2, 0.25) is 0 Å². The number of aromatic hydroxyl groups is 1. The van der Waals surface area contributed by atoms with Crippen LogP contribution in [0.1, 0.15) is 31.8 Å². The molecule has 0 aliphatic rings. The number of fused-ring (bicyclic) bond motifs is 1. The summed E-state index contributed by atoms with van der Waals surface area (Å²) in [6.45, 7) is 1.95. The van der Waals surface area contributed by atoms with Crippen molar-refractivity contribution >= 4 is 28.9 Å². The van der Waals surface area contributed by atoms with Gasteiger partial charge in [0.25, 0.3) is 5.91 Å². The van der Waals surface area contributed by atoms with Crippen molar-refractivity contribution in [2.75, 3.05) is 0 Å². The number of phenolic OH excluding ortho intramolecular Hbond substituents is 1. The lowest BCUT2D eigenvalue weighted by molar-refractivity contribution is 0.0734. The second kappa shape index (κ2) is 9.14. The summed E-state index contributed by atoms with van der Waals surface area (Å²) in [5, 5.41) is 15.8. The van der Waals surface area contributed by atoms with E-state index in [0.717, 1.165) is 16.3 Å². The number of aryl methyl sites for hydroxylation is 1. The molecule has 0 radical (unpaired) electrons. The molecule has 0 unspecified atom stereocenters. The molecule has 0 aromatic heterocycles. The average molecular weight is 424 g/mol. The van der Waals surface area contributed by atoms with E-state index in [1.807, 2.05) is 43.3 Å². The van der Waals surface area contributed by atoms with Crippen molar-refractivity contribution in [2.45, 2.75) is 6.92 Å². The number of benzene rings is 4. The van der Waals surface area contributed by atoms with Crippen LogP contribution in [0.4, 0.5) is 0 Å². The molecule has 0 aliphatic heterocycles. The van der Waals surface area contributed by atoms with E-state index in [-0.39, 0.29) is 11.3 Å². The quantitative estimate of drug-likeness (QED) is 0.208. The predicted molar refractivity (Wildman–Crippen MR) is 123 cm³/mol. The summed E-state index contributed by atoms with van der Waals surface area (Å²) in [4.78, 5) is 24.6. The number of nitrogens with zero attached hydrogens (tertiary/aromatic N) is 1. The predicted octanol–water partition coefficient (Wildman–Crippen LogP) is 4.84. The summed E-state index contributed by atoms with van der Waals surface area (Å²) in [6, 6.07) is 24.4. The Labute approximate surface area is 184 Å². The Kier molecular flexibility index (Phi) is 5.94. The molecule has 32 heavy (non-hydrogen) atoms. The highest BCUT2D eigenvalue weighted by atomic mass is 16.5. The van der Waals surface area contributed by atoms with E-state index < -0.39 is 11.9 Å². The number of rotatable bonds is 5. The third-order valence-electron chi connectivity index (χ3n) is 4.87. The molecule has 0 heterocycles. The number of hydrogen-bond acceptors (Lipinski definition) is 5. The van der Waals surface area contributed by atoms with Crippen molar-refractivity contribution < 1.29 is 19.4 Å². The first-order valence-electron chi connectivity index (χ1n) is 9.94. The normalized spacial score (nSPS) is 10.9. The summed E-state index contributed by atoms with van der Waals surface area (Å²) in [6.07, 6.45) is 1.46. The van der Waals surface area contributed by atoms with Gasteiger partial charge in [-0.3, -0.25) is 4.79 Å². The molecule has 0 bridgehead atoms. The fourth-order valence-corrected chi connectivity index (χ4v) is 3.11. The highest BCUT2D eigenvalue weighted by Gasteiger charge is 2.12. The Bertz CT molecular complexity index is 1310. The summed E-state index contributed by atoms with van der Waals surface area (Å²) >= 11 is 0. The number of ether oxygens (including phenoxy) is 1. The monoisotopic (exact) mass is 424 g/mol. The van der Waals surface area contributed by atoms with Gasteiger partial charge < -0.3 is 9.84 Å². The Morgan fingerprint density at radius 3 is 2.25 bits per heavy atom. The Balaban J connectivity index is 1.37. The van der Waals surface area contributed by atoms with Gasteiger partial charge in [0.15, 0.2) is 0 Å². The molecule has 0 spiro atoms. The summed E-state index contributed by atoms with van der Waals surface area (Å²) in [5.74, 6) is -0.670. The smallest absolute Gasteiger partial charge is 0.343 e. The molecular weight excluding hydrogens is 404 g/mol. The molecule has 4 aromatic rings. The van der Waals surface area contributed by atoms with Crippen LogP contribution in [0.15, 0.2) is 90.0 Å². The topological polar surface area (TPSA) is 88.0 Å². The van der Waals surface area contributed by atoms with Crippen LogP contribution in [-0.2, 0) is 0 Å². The lowest BCUT2D eigenvalue weighted by Gasteiger charge is -2.06. The molecule has 158 valence electrons. The van der Waals surface area contributed by atoms with Crippen molar-refractivity contribution in [3.05, 3.63) is 107 Å². The van der Waals surface area contributed by atoms with Gasteiger partial charge in [0.05, 0.1) is 17.3 Å². The maximum atomic E-state index is 12.4. The van der Waals surface area contributed by atoms with Crippen LogP contribution in [0.5, 0.6) is 11.5 Å². The van der Waals surface area contributed by atoms with E-state index in [1.54, 1.807) is 48.5 Å². The van der Waals surface area contributed by atoms with E-state index in [2.05, 4.69) is 10.5 Å². The van der Waals surface area contributed by atoms with Crippen LogP contribution >= 0.6 is 0 Å². The fraction of sp³-hybridized carbons (Fsp3) is 0.0385. The second-order valence-electron chi connectivity index (χ2n) is 7.24. The standard InChI is InChI=1S/C26H20N2O4/c1-17-6-10-19(11-7-17)26(31)32-22-12-8-18(9-13-22)16-27-28-25(30)23-14-20-4-2-3-5-21(20)15-24(23)29/h2-16,29H,1H3,(H,28,30). The summed E-state index contributed by atoms with van der Waals surface area (Å²) < 4.78 is 5.36. The zero-order valence-corrected chi connectivity index (χ0v) is 17.3. The SMILES string of the molecule is Cc1ccc(C(=O)Oc2ccc(C=NNC(=O)c3cc4ccccc4cc3O)cc2)cc1. The average Bonchev–Trinajstić information content (AvgIpc) is 2.80. The van der Waals surface area contributed by atoms with Crippen molar-refractivity contribution in [2.24, 2.45) is 5.10 Å². The number of hydrogen-bond donors (Lipinski definition) is 2.